The maximum Gasteiger partial charge on any atom is 0.323 e. The molecular weight excluding hydrogens is 170 g/mol. The lowest BCUT2D eigenvalue weighted by atomic mass is 10.3. The van der Waals surface area contributed by atoms with Crippen molar-refractivity contribution in [2.24, 2.45) is 0 Å². The lowest BCUT2D eigenvalue weighted by molar-refractivity contribution is -0.144. The first kappa shape index (κ1) is 11.5. The van der Waals surface area contributed by atoms with Gasteiger partial charge in [0.05, 0.1) is 0 Å². The van der Waals surface area contributed by atoms with E-state index in [4.69, 9.17) is 11.5 Å². The summed E-state index contributed by atoms with van der Waals surface area (Å²) in [5.74, 6) is 1.13. The average Bonchev–Trinajstić information content (AvgIpc) is 2.09. The molecule has 0 heterocycles. The minimum absolute atomic E-state index is 0.206. The molecule has 0 aromatic rings. The highest BCUT2D eigenvalue weighted by molar-refractivity contribution is 5.81. The zero-order valence-corrected chi connectivity index (χ0v) is 7.62. The normalized spacial score (nSPS) is 8.92. The van der Waals surface area contributed by atoms with Gasteiger partial charge in [0, 0.05) is 19.4 Å². The van der Waals surface area contributed by atoms with Crippen LogP contribution in [-0.2, 0) is 9.59 Å². The second-order valence-electron chi connectivity index (χ2n) is 2.51. The van der Waals surface area contributed by atoms with Crippen molar-refractivity contribution in [3.05, 3.63) is 0 Å². The fourth-order valence-electron chi connectivity index (χ4n) is 0.877. The maximum absolute atomic E-state index is 11.2. The molecule has 0 aliphatic heterocycles. The summed E-state index contributed by atoms with van der Waals surface area (Å²) in [6.07, 6.45) is 5.56. The first-order valence-corrected chi connectivity index (χ1v) is 4.04. The summed E-state index contributed by atoms with van der Waals surface area (Å²) in [4.78, 5) is 22.8. The van der Waals surface area contributed by atoms with Crippen LogP contribution in [0.15, 0.2) is 0 Å². The Kier molecular flexibility index (Phi) is 5.37. The minimum Gasteiger partial charge on any atom is -0.480 e. The van der Waals surface area contributed by atoms with Crippen molar-refractivity contribution >= 4 is 11.9 Å². The number of aliphatic carboxylic acids is 1. The predicted octanol–water partition coefficient (Wildman–Crippen LogP) is 0.333. The molecule has 13 heavy (non-hydrogen) atoms. The Morgan fingerprint density at radius 3 is 2.54 bits per heavy atom. The van der Waals surface area contributed by atoms with Crippen molar-refractivity contribution in [2.45, 2.75) is 19.8 Å². The molecule has 0 radical (unpaired) electrons. The fraction of sp³-hybridized carbons (Fsp3) is 0.556. The largest absolute Gasteiger partial charge is 0.480 e. The van der Waals surface area contributed by atoms with Crippen molar-refractivity contribution in [3.63, 3.8) is 0 Å². The molecule has 0 fully saturated rings. The third-order valence-electron chi connectivity index (χ3n) is 1.54. The van der Waals surface area contributed by atoms with Gasteiger partial charge < -0.3 is 10.0 Å². The SMILES string of the molecule is C#CCCC(=O)N(CC)CC(=O)O. The lowest BCUT2D eigenvalue weighted by Gasteiger charge is -2.17. The quantitative estimate of drug-likeness (QED) is 0.625. The highest BCUT2D eigenvalue weighted by atomic mass is 16.4. The molecule has 0 saturated carbocycles. The highest BCUT2D eigenvalue weighted by Crippen LogP contribution is 1.96. The van der Waals surface area contributed by atoms with Crippen LogP contribution in [0.25, 0.3) is 0 Å². The second-order valence-corrected chi connectivity index (χ2v) is 2.51. The molecule has 0 aromatic carbocycles. The van der Waals surface area contributed by atoms with E-state index >= 15 is 0 Å². The van der Waals surface area contributed by atoms with Gasteiger partial charge in [-0.3, -0.25) is 9.59 Å². The molecule has 0 rings (SSSR count). The van der Waals surface area contributed by atoms with Gasteiger partial charge in [-0.15, -0.1) is 12.3 Å². The molecule has 1 N–H and O–H groups in total. The molecule has 1 amide bonds. The zero-order chi connectivity index (χ0) is 10.3. The average molecular weight is 183 g/mol. The number of carboxylic acid groups (broad SMARTS) is 1. The Hall–Kier alpha value is -1.50. The molecular formula is C9H13NO3. The van der Waals surface area contributed by atoms with Gasteiger partial charge in [0.1, 0.15) is 6.54 Å². The number of carboxylic acids is 1. The van der Waals surface area contributed by atoms with Gasteiger partial charge in [0.15, 0.2) is 0 Å². The summed E-state index contributed by atoms with van der Waals surface area (Å²) in [6, 6.07) is 0. The maximum atomic E-state index is 11.2. The summed E-state index contributed by atoms with van der Waals surface area (Å²) in [5.41, 5.74) is 0. The van der Waals surface area contributed by atoms with Crippen LogP contribution in [0.5, 0.6) is 0 Å². The second kappa shape index (κ2) is 6.06. The van der Waals surface area contributed by atoms with Crippen molar-refractivity contribution < 1.29 is 14.7 Å². The number of hydrogen-bond acceptors (Lipinski definition) is 2. The van der Waals surface area contributed by atoms with Gasteiger partial charge in [0.2, 0.25) is 5.91 Å². The van der Waals surface area contributed by atoms with Crippen molar-refractivity contribution in [3.8, 4) is 12.3 Å². The Labute approximate surface area is 77.5 Å². The molecule has 0 aliphatic carbocycles. The smallest absolute Gasteiger partial charge is 0.323 e. The molecule has 4 heteroatoms. The number of terminal acetylenes is 1. The van der Waals surface area contributed by atoms with Crippen LogP contribution in [0.1, 0.15) is 19.8 Å². The van der Waals surface area contributed by atoms with Crippen LogP contribution in [-0.4, -0.2) is 35.0 Å². The predicted molar refractivity (Wildman–Crippen MR) is 48.0 cm³/mol. The van der Waals surface area contributed by atoms with E-state index in [1.165, 1.54) is 4.90 Å². The zero-order valence-electron chi connectivity index (χ0n) is 7.62. The number of rotatable bonds is 5. The minimum atomic E-state index is -1.00. The Morgan fingerprint density at radius 1 is 1.54 bits per heavy atom. The molecule has 0 unspecified atom stereocenters. The van der Waals surface area contributed by atoms with Crippen LogP contribution in [0.3, 0.4) is 0 Å². The first-order chi connectivity index (χ1) is 6.11. The summed E-state index contributed by atoms with van der Waals surface area (Å²) >= 11 is 0. The van der Waals surface area contributed by atoms with Crippen LogP contribution >= 0.6 is 0 Å². The fourth-order valence-corrected chi connectivity index (χ4v) is 0.877. The highest BCUT2D eigenvalue weighted by Gasteiger charge is 2.13. The molecule has 4 nitrogen and oxygen atoms in total. The van der Waals surface area contributed by atoms with Gasteiger partial charge in [-0.05, 0) is 6.92 Å². The van der Waals surface area contributed by atoms with E-state index in [0.717, 1.165) is 0 Å². The third-order valence-corrected chi connectivity index (χ3v) is 1.54. The summed E-state index contributed by atoms with van der Waals surface area (Å²) in [7, 11) is 0. The standard InChI is InChI=1S/C9H13NO3/c1-3-5-6-8(11)10(4-2)7-9(12)13/h1H,4-7H2,2H3,(H,12,13). The Morgan fingerprint density at radius 2 is 2.15 bits per heavy atom. The molecule has 0 atom stereocenters. The first-order valence-electron chi connectivity index (χ1n) is 4.04. The van der Waals surface area contributed by atoms with E-state index in [9.17, 15) is 9.59 Å². The van der Waals surface area contributed by atoms with Gasteiger partial charge in [0.25, 0.3) is 0 Å². The van der Waals surface area contributed by atoms with E-state index in [-0.39, 0.29) is 18.9 Å². The Bertz CT molecular complexity index is 230. The Balaban J connectivity index is 4.01. The number of nitrogens with zero attached hydrogens (tertiary/aromatic N) is 1. The van der Waals surface area contributed by atoms with Crippen molar-refractivity contribution in [1.29, 1.82) is 0 Å². The third kappa shape index (κ3) is 4.86. The van der Waals surface area contributed by atoms with Crippen LogP contribution < -0.4 is 0 Å². The van der Waals surface area contributed by atoms with E-state index in [2.05, 4.69) is 5.92 Å². The van der Waals surface area contributed by atoms with Crippen molar-refractivity contribution in [2.75, 3.05) is 13.1 Å². The number of carbonyl (C=O) groups excluding carboxylic acids is 1. The van der Waals surface area contributed by atoms with Gasteiger partial charge >= 0.3 is 5.97 Å². The molecule has 0 bridgehead atoms. The van der Waals surface area contributed by atoms with Crippen LogP contribution in [0.4, 0.5) is 0 Å². The molecule has 0 spiro atoms. The van der Waals surface area contributed by atoms with E-state index in [1.807, 2.05) is 0 Å². The van der Waals surface area contributed by atoms with Gasteiger partial charge in [-0.25, -0.2) is 0 Å². The summed E-state index contributed by atoms with van der Waals surface area (Å²) in [6.45, 7) is 1.88. The number of carbonyl (C=O) groups is 2. The number of likely N-dealkylation sites (N-methyl/N-ethyl adjacent to an activating group) is 1. The molecule has 0 aliphatic rings. The van der Waals surface area contributed by atoms with Crippen LogP contribution in [0, 0.1) is 12.3 Å². The number of hydrogen-bond donors (Lipinski definition) is 1. The molecule has 0 saturated heterocycles. The monoisotopic (exact) mass is 183 g/mol. The topological polar surface area (TPSA) is 57.6 Å². The van der Waals surface area contributed by atoms with Gasteiger partial charge in [-0.1, -0.05) is 0 Å². The van der Waals surface area contributed by atoms with Gasteiger partial charge in [-0.2, -0.15) is 0 Å². The van der Waals surface area contributed by atoms with E-state index in [0.29, 0.717) is 13.0 Å². The van der Waals surface area contributed by atoms with Crippen molar-refractivity contribution in [1.82, 2.24) is 4.90 Å². The van der Waals surface area contributed by atoms with E-state index in [1.54, 1.807) is 6.92 Å². The molecule has 0 aromatic heterocycles. The molecule has 72 valence electrons. The lowest BCUT2D eigenvalue weighted by Crippen LogP contribution is -2.35. The number of amides is 1. The summed E-state index contributed by atoms with van der Waals surface area (Å²) in [5, 5.41) is 8.46. The van der Waals surface area contributed by atoms with Crippen LogP contribution in [0.2, 0.25) is 0 Å². The summed E-state index contributed by atoms with van der Waals surface area (Å²) < 4.78 is 0. The van der Waals surface area contributed by atoms with E-state index < -0.39 is 5.97 Å².